The van der Waals surface area contributed by atoms with Crippen molar-refractivity contribution in [3.63, 3.8) is 0 Å². The molecule has 0 saturated heterocycles. The quantitative estimate of drug-likeness (QED) is 0.750. The summed E-state index contributed by atoms with van der Waals surface area (Å²) in [6, 6.07) is 3.97. The lowest BCUT2D eigenvalue weighted by Gasteiger charge is -2.08. The summed E-state index contributed by atoms with van der Waals surface area (Å²) in [5.74, 6) is 0.466. The molecule has 13 heavy (non-hydrogen) atoms. The molecule has 3 heteroatoms. The minimum atomic E-state index is 0.466. The van der Waals surface area contributed by atoms with E-state index in [1.807, 2.05) is 12.1 Å². The van der Waals surface area contributed by atoms with Gasteiger partial charge in [-0.15, -0.1) is 0 Å². The fourth-order valence-corrected chi connectivity index (χ4v) is 2.46. The first-order valence-corrected chi connectivity index (χ1v) is 5.59. The molecule has 0 unspecified atom stereocenters. The number of carbonyl (C=O) groups excluding carboxylic acids is 1. The highest BCUT2D eigenvalue weighted by atomic mass is 79.9. The topological polar surface area (TPSA) is 17.1 Å². The van der Waals surface area contributed by atoms with Crippen molar-refractivity contribution in [2.24, 2.45) is 0 Å². The van der Waals surface area contributed by atoms with Gasteiger partial charge in [0.05, 0.1) is 0 Å². The second-order valence-electron chi connectivity index (χ2n) is 3.17. The van der Waals surface area contributed by atoms with E-state index in [2.05, 4.69) is 45.7 Å². The van der Waals surface area contributed by atoms with Crippen LogP contribution in [0.15, 0.2) is 21.1 Å². The highest BCUT2D eigenvalue weighted by Gasteiger charge is 2.08. The smallest absolute Gasteiger partial charge is 0.152 e. The second kappa shape index (κ2) is 4.38. The number of aldehydes is 1. The van der Waals surface area contributed by atoms with Crippen LogP contribution in [0.4, 0.5) is 0 Å². The molecule has 0 fully saturated rings. The zero-order valence-electron chi connectivity index (χ0n) is 7.47. The summed E-state index contributed by atoms with van der Waals surface area (Å²) in [7, 11) is 0. The zero-order chi connectivity index (χ0) is 10.0. The molecule has 0 atom stereocenters. The molecule has 0 radical (unpaired) electrons. The maximum Gasteiger partial charge on any atom is 0.152 e. The number of hydrogen-bond donors (Lipinski definition) is 0. The van der Waals surface area contributed by atoms with Crippen LogP contribution in [0, 0.1) is 0 Å². The maximum absolute atomic E-state index is 10.7. The minimum absolute atomic E-state index is 0.466. The Labute approximate surface area is 94.8 Å². The van der Waals surface area contributed by atoms with Crippen molar-refractivity contribution in [3.05, 3.63) is 32.2 Å². The molecule has 0 bridgehead atoms. The molecule has 1 rings (SSSR count). The van der Waals surface area contributed by atoms with Crippen LogP contribution in [0.5, 0.6) is 0 Å². The van der Waals surface area contributed by atoms with Crippen molar-refractivity contribution >= 4 is 38.1 Å². The monoisotopic (exact) mass is 304 g/mol. The summed E-state index contributed by atoms with van der Waals surface area (Å²) in [5.41, 5.74) is 1.88. The average Bonchev–Trinajstić information content (AvgIpc) is 2.03. The van der Waals surface area contributed by atoms with Gasteiger partial charge in [-0.3, -0.25) is 4.79 Å². The van der Waals surface area contributed by atoms with Gasteiger partial charge >= 0.3 is 0 Å². The molecule has 0 amide bonds. The second-order valence-corrected chi connectivity index (χ2v) is 4.88. The van der Waals surface area contributed by atoms with E-state index < -0.39 is 0 Å². The normalized spacial score (nSPS) is 10.5. The number of hydrogen-bond acceptors (Lipinski definition) is 1. The summed E-state index contributed by atoms with van der Waals surface area (Å²) >= 11 is 6.73. The first kappa shape index (κ1) is 10.9. The van der Waals surface area contributed by atoms with Crippen LogP contribution in [0.25, 0.3) is 0 Å². The number of halogens is 2. The predicted molar refractivity (Wildman–Crippen MR) is 61.3 cm³/mol. The van der Waals surface area contributed by atoms with E-state index in [4.69, 9.17) is 0 Å². The van der Waals surface area contributed by atoms with Crippen molar-refractivity contribution in [2.75, 3.05) is 0 Å². The van der Waals surface area contributed by atoms with Crippen molar-refractivity contribution in [1.82, 2.24) is 0 Å². The Morgan fingerprint density at radius 3 is 2.00 bits per heavy atom. The molecular weight excluding hydrogens is 296 g/mol. The molecule has 0 aliphatic carbocycles. The number of benzene rings is 1. The summed E-state index contributed by atoms with van der Waals surface area (Å²) < 4.78 is 1.70. The highest BCUT2D eigenvalue weighted by Crippen LogP contribution is 2.28. The molecule has 0 N–H and O–H groups in total. The van der Waals surface area contributed by atoms with Gasteiger partial charge < -0.3 is 0 Å². The Bertz CT molecular complexity index is 309. The molecule has 0 aromatic heterocycles. The molecule has 1 aromatic rings. The molecule has 1 aromatic carbocycles. The summed E-state index contributed by atoms with van der Waals surface area (Å²) in [6.07, 6.45) is 0.846. The van der Waals surface area contributed by atoms with Crippen molar-refractivity contribution < 1.29 is 4.79 Å². The van der Waals surface area contributed by atoms with E-state index in [9.17, 15) is 4.79 Å². The fraction of sp³-hybridized carbons (Fsp3) is 0.300. The minimum Gasteiger partial charge on any atom is -0.298 e. The van der Waals surface area contributed by atoms with Crippen molar-refractivity contribution in [3.8, 4) is 0 Å². The predicted octanol–water partition coefficient (Wildman–Crippen LogP) is 4.15. The van der Waals surface area contributed by atoms with Gasteiger partial charge in [-0.05, 0) is 23.6 Å². The third-order valence-electron chi connectivity index (χ3n) is 1.89. The Hall–Kier alpha value is -0.150. The van der Waals surface area contributed by atoms with Gasteiger partial charge in [-0.2, -0.15) is 0 Å². The SMILES string of the molecule is CC(C)c1cc(Br)c(C=O)c(Br)c1. The third kappa shape index (κ3) is 2.41. The highest BCUT2D eigenvalue weighted by molar-refractivity contribution is 9.11. The van der Waals surface area contributed by atoms with Crippen molar-refractivity contribution in [1.29, 1.82) is 0 Å². The Kier molecular flexibility index (Phi) is 3.68. The van der Waals surface area contributed by atoms with Gasteiger partial charge in [-0.25, -0.2) is 0 Å². The first-order valence-electron chi connectivity index (χ1n) is 4.00. The summed E-state index contributed by atoms with van der Waals surface area (Å²) in [6.45, 7) is 4.24. The zero-order valence-corrected chi connectivity index (χ0v) is 10.6. The van der Waals surface area contributed by atoms with Crippen LogP contribution < -0.4 is 0 Å². The summed E-state index contributed by atoms with van der Waals surface area (Å²) in [5, 5.41) is 0. The van der Waals surface area contributed by atoms with E-state index in [0.717, 1.165) is 15.2 Å². The largest absolute Gasteiger partial charge is 0.298 e. The van der Waals surface area contributed by atoms with Crippen LogP contribution in [0.3, 0.4) is 0 Å². The van der Waals surface area contributed by atoms with Crippen LogP contribution in [0.2, 0.25) is 0 Å². The Morgan fingerprint density at radius 1 is 1.23 bits per heavy atom. The maximum atomic E-state index is 10.7. The van der Waals surface area contributed by atoms with E-state index in [1.165, 1.54) is 5.56 Å². The number of rotatable bonds is 2. The summed E-state index contributed by atoms with van der Waals surface area (Å²) in [4.78, 5) is 10.7. The molecule has 0 heterocycles. The van der Waals surface area contributed by atoms with Gasteiger partial charge in [0.15, 0.2) is 6.29 Å². The Morgan fingerprint density at radius 2 is 1.69 bits per heavy atom. The van der Waals surface area contributed by atoms with Crippen LogP contribution in [-0.2, 0) is 0 Å². The molecular formula is C10H10Br2O. The van der Waals surface area contributed by atoms with Gasteiger partial charge in [0.25, 0.3) is 0 Å². The van der Waals surface area contributed by atoms with Crippen LogP contribution in [0.1, 0.15) is 35.7 Å². The van der Waals surface area contributed by atoms with Gasteiger partial charge in [0.1, 0.15) is 0 Å². The lowest BCUT2D eigenvalue weighted by atomic mass is 10.0. The standard InChI is InChI=1S/C10H10Br2O/c1-6(2)7-3-9(11)8(5-13)10(12)4-7/h3-6H,1-2H3. The molecule has 0 aliphatic rings. The first-order chi connectivity index (χ1) is 6.06. The molecule has 70 valence electrons. The van der Waals surface area contributed by atoms with Crippen LogP contribution in [-0.4, -0.2) is 6.29 Å². The van der Waals surface area contributed by atoms with Crippen LogP contribution >= 0.6 is 31.9 Å². The van der Waals surface area contributed by atoms with E-state index in [0.29, 0.717) is 11.5 Å². The lowest BCUT2D eigenvalue weighted by molar-refractivity contribution is 0.112. The van der Waals surface area contributed by atoms with E-state index in [-0.39, 0.29) is 0 Å². The molecule has 0 spiro atoms. The average molecular weight is 306 g/mol. The lowest BCUT2D eigenvalue weighted by Crippen LogP contribution is -1.92. The molecule has 0 aliphatic heterocycles. The van der Waals surface area contributed by atoms with Gasteiger partial charge in [-0.1, -0.05) is 45.7 Å². The number of carbonyl (C=O) groups is 1. The van der Waals surface area contributed by atoms with Crippen molar-refractivity contribution in [2.45, 2.75) is 19.8 Å². The molecule has 1 nitrogen and oxygen atoms in total. The molecule has 0 saturated carbocycles. The third-order valence-corrected chi connectivity index (χ3v) is 3.20. The fourth-order valence-electron chi connectivity index (χ4n) is 1.05. The van der Waals surface area contributed by atoms with E-state index in [1.54, 1.807) is 0 Å². The van der Waals surface area contributed by atoms with Gasteiger partial charge in [0.2, 0.25) is 0 Å². The Balaban J connectivity index is 3.28. The van der Waals surface area contributed by atoms with E-state index >= 15 is 0 Å². The van der Waals surface area contributed by atoms with Gasteiger partial charge in [0, 0.05) is 14.5 Å².